The Morgan fingerprint density at radius 2 is 2.06 bits per heavy atom. The number of amides is 1. The molecule has 4 aromatic heterocycles. The second kappa shape index (κ2) is 7.28. The van der Waals surface area contributed by atoms with Crippen LogP contribution in [0.25, 0.3) is 33.7 Å². The standard InChI is InChI=1S/C24H27N7O2/c1-4-30-18(10-13-6-8-19(33-3)28-21(13)30)23-27-17-9-15(11-26-22(17)29(23)2)24(32)31-12-14-5-7-16(14)20(31)25/h6,8-11,14,16,20H,4-5,7,12,25H2,1-3H3/t14-,16-,20+/m1/s1. The van der Waals surface area contributed by atoms with Crippen LogP contribution in [0, 0.1) is 11.8 Å². The average molecular weight is 446 g/mol. The fourth-order valence-corrected chi connectivity index (χ4v) is 5.41. The van der Waals surface area contributed by atoms with Gasteiger partial charge in [0.25, 0.3) is 5.91 Å². The number of carbonyl (C=O) groups is 1. The molecule has 1 aliphatic heterocycles. The van der Waals surface area contributed by atoms with E-state index in [-0.39, 0.29) is 12.1 Å². The van der Waals surface area contributed by atoms with E-state index >= 15 is 0 Å². The first-order valence-corrected chi connectivity index (χ1v) is 11.4. The maximum absolute atomic E-state index is 13.2. The molecule has 1 aliphatic carbocycles. The van der Waals surface area contributed by atoms with Gasteiger partial charge in [0.1, 0.15) is 11.2 Å². The zero-order valence-corrected chi connectivity index (χ0v) is 19.0. The third-order valence-corrected chi connectivity index (χ3v) is 7.40. The lowest BCUT2D eigenvalue weighted by molar-refractivity contribution is 0.0723. The second-order valence-corrected chi connectivity index (χ2v) is 9.05. The van der Waals surface area contributed by atoms with Crippen LogP contribution in [0.5, 0.6) is 5.88 Å². The summed E-state index contributed by atoms with van der Waals surface area (Å²) < 4.78 is 9.39. The number of aryl methyl sites for hydroxylation is 2. The number of pyridine rings is 2. The molecule has 2 fully saturated rings. The molecule has 1 saturated heterocycles. The van der Waals surface area contributed by atoms with Crippen molar-refractivity contribution < 1.29 is 9.53 Å². The summed E-state index contributed by atoms with van der Waals surface area (Å²) in [7, 11) is 3.56. The van der Waals surface area contributed by atoms with Gasteiger partial charge in [0.05, 0.1) is 24.5 Å². The third kappa shape index (κ3) is 2.88. The van der Waals surface area contributed by atoms with Gasteiger partial charge < -0.3 is 24.5 Å². The van der Waals surface area contributed by atoms with Gasteiger partial charge in [0, 0.05) is 37.8 Å². The highest BCUT2D eigenvalue weighted by Crippen LogP contribution is 2.43. The molecule has 170 valence electrons. The SMILES string of the molecule is CCn1c(-c2nc3cc(C(=O)N4C[C@H]5CC[C@H]5[C@H]4N)cnc3n2C)cc2ccc(OC)nc21. The van der Waals surface area contributed by atoms with E-state index in [0.29, 0.717) is 28.8 Å². The number of ether oxygens (including phenoxy) is 1. The predicted molar refractivity (Wildman–Crippen MR) is 125 cm³/mol. The Morgan fingerprint density at radius 3 is 2.73 bits per heavy atom. The first-order chi connectivity index (χ1) is 16.0. The lowest BCUT2D eigenvalue weighted by atomic mass is 9.75. The second-order valence-electron chi connectivity index (χ2n) is 9.05. The summed E-state index contributed by atoms with van der Waals surface area (Å²) in [5.41, 5.74) is 10.1. The Morgan fingerprint density at radius 1 is 1.21 bits per heavy atom. The van der Waals surface area contributed by atoms with Crippen LogP contribution < -0.4 is 10.5 Å². The molecule has 2 aliphatic rings. The summed E-state index contributed by atoms with van der Waals surface area (Å²) >= 11 is 0. The van der Waals surface area contributed by atoms with Gasteiger partial charge in [-0.05, 0) is 49.8 Å². The minimum atomic E-state index is -0.198. The molecule has 0 bridgehead atoms. The lowest BCUT2D eigenvalue weighted by Gasteiger charge is -2.31. The fraction of sp³-hybridized carbons (Fsp3) is 0.417. The molecule has 0 radical (unpaired) electrons. The van der Waals surface area contributed by atoms with Crippen molar-refractivity contribution >= 4 is 28.1 Å². The van der Waals surface area contributed by atoms with Crippen LogP contribution in [0.15, 0.2) is 30.5 Å². The van der Waals surface area contributed by atoms with Crippen LogP contribution in [-0.4, -0.2) is 54.7 Å². The van der Waals surface area contributed by atoms with Crippen molar-refractivity contribution in [3.8, 4) is 17.4 Å². The zero-order chi connectivity index (χ0) is 22.9. The van der Waals surface area contributed by atoms with Crippen molar-refractivity contribution in [3.63, 3.8) is 0 Å². The third-order valence-electron chi connectivity index (χ3n) is 7.40. The normalized spacial score (nSPS) is 22.1. The predicted octanol–water partition coefficient (Wildman–Crippen LogP) is 2.78. The Balaban J connectivity index is 1.41. The van der Waals surface area contributed by atoms with Crippen molar-refractivity contribution in [2.75, 3.05) is 13.7 Å². The Bertz CT molecular complexity index is 1410. The van der Waals surface area contributed by atoms with Gasteiger partial charge in [0.2, 0.25) is 5.88 Å². The van der Waals surface area contributed by atoms with E-state index in [0.717, 1.165) is 54.1 Å². The van der Waals surface area contributed by atoms with Gasteiger partial charge in [0.15, 0.2) is 11.5 Å². The van der Waals surface area contributed by atoms with Crippen LogP contribution in [-0.2, 0) is 13.6 Å². The molecule has 0 unspecified atom stereocenters. The van der Waals surface area contributed by atoms with Crippen molar-refractivity contribution in [3.05, 3.63) is 36.0 Å². The summed E-state index contributed by atoms with van der Waals surface area (Å²) in [6, 6.07) is 7.77. The molecule has 2 N–H and O–H groups in total. The van der Waals surface area contributed by atoms with E-state index < -0.39 is 0 Å². The highest BCUT2D eigenvalue weighted by atomic mass is 16.5. The van der Waals surface area contributed by atoms with Crippen LogP contribution in [0.4, 0.5) is 0 Å². The van der Waals surface area contributed by atoms with E-state index in [1.165, 1.54) is 0 Å². The number of hydrogen-bond donors (Lipinski definition) is 1. The number of methoxy groups -OCH3 is 1. The Kier molecular flexibility index (Phi) is 4.45. The van der Waals surface area contributed by atoms with Crippen LogP contribution in [0.2, 0.25) is 0 Å². The molecule has 4 aromatic rings. The molecule has 33 heavy (non-hydrogen) atoms. The molecule has 9 heteroatoms. The van der Waals surface area contributed by atoms with E-state index in [9.17, 15) is 4.79 Å². The fourth-order valence-electron chi connectivity index (χ4n) is 5.41. The maximum Gasteiger partial charge on any atom is 0.256 e. The Labute approximate surface area is 191 Å². The van der Waals surface area contributed by atoms with Gasteiger partial charge in [-0.1, -0.05) is 0 Å². The van der Waals surface area contributed by atoms with E-state index in [1.54, 1.807) is 13.3 Å². The number of carbonyl (C=O) groups excluding carboxylic acids is 1. The summed E-state index contributed by atoms with van der Waals surface area (Å²) in [5.74, 6) is 2.28. The monoisotopic (exact) mass is 445 g/mol. The van der Waals surface area contributed by atoms with Gasteiger partial charge in [-0.2, -0.15) is 4.98 Å². The first kappa shape index (κ1) is 20.2. The average Bonchev–Trinajstić information content (AvgIpc) is 3.41. The maximum atomic E-state index is 13.2. The first-order valence-electron chi connectivity index (χ1n) is 11.4. The molecule has 3 atom stereocenters. The highest BCUT2D eigenvalue weighted by molar-refractivity contribution is 5.97. The Hall–Kier alpha value is -3.46. The quantitative estimate of drug-likeness (QED) is 0.518. The minimum Gasteiger partial charge on any atom is -0.481 e. The van der Waals surface area contributed by atoms with E-state index in [1.807, 2.05) is 34.7 Å². The van der Waals surface area contributed by atoms with E-state index in [2.05, 4.69) is 27.5 Å². The smallest absolute Gasteiger partial charge is 0.256 e. The lowest BCUT2D eigenvalue weighted by Crippen LogP contribution is -2.44. The largest absolute Gasteiger partial charge is 0.481 e. The van der Waals surface area contributed by atoms with Crippen molar-refractivity contribution in [1.82, 2.24) is 29.0 Å². The number of imidazole rings is 1. The number of hydrogen-bond acceptors (Lipinski definition) is 6. The van der Waals surface area contributed by atoms with Gasteiger partial charge in [-0.15, -0.1) is 0 Å². The molecule has 1 saturated carbocycles. The number of aromatic nitrogens is 5. The number of rotatable bonds is 4. The van der Waals surface area contributed by atoms with Crippen molar-refractivity contribution in [1.29, 1.82) is 0 Å². The number of nitrogens with zero attached hydrogens (tertiary/aromatic N) is 6. The molecule has 9 nitrogen and oxygen atoms in total. The van der Waals surface area contributed by atoms with Gasteiger partial charge in [-0.3, -0.25) is 4.79 Å². The highest BCUT2D eigenvalue weighted by Gasteiger charge is 2.47. The summed E-state index contributed by atoms with van der Waals surface area (Å²) in [6.07, 6.45) is 3.72. The topological polar surface area (TPSA) is 104 Å². The number of nitrogens with two attached hydrogens (primary N) is 1. The van der Waals surface area contributed by atoms with Gasteiger partial charge >= 0.3 is 0 Å². The summed E-state index contributed by atoms with van der Waals surface area (Å²) in [4.78, 5) is 29.1. The van der Waals surface area contributed by atoms with Crippen molar-refractivity contribution in [2.45, 2.75) is 32.5 Å². The molecule has 0 spiro atoms. The molecular formula is C24H27N7O2. The van der Waals surface area contributed by atoms with Crippen LogP contribution >= 0.6 is 0 Å². The number of fused-ring (bicyclic) bond motifs is 3. The minimum absolute atomic E-state index is 0.0579. The van der Waals surface area contributed by atoms with Crippen molar-refractivity contribution in [2.24, 2.45) is 24.6 Å². The molecular weight excluding hydrogens is 418 g/mol. The summed E-state index contributed by atoms with van der Waals surface area (Å²) in [5, 5.41) is 1.01. The van der Waals surface area contributed by atoms with Gasteiger partial charge in [-0.25, -0.2) is 9.97 Å². The van der Waals surface area contributed by atoms with Crippen LogP contribution in [0.1, 0.15) is 30.1 Å². The van der Waals surface area contributed by atoms with Crippen LogP contribution in [0.3, 0.4) is 0 Å². The van der Waals surface area contributed by atoms with E-state index in [4.69, 9.17) is 15.5 Å². The molecule has 1 amide bonds. The molecule has 0 aromatic carbocycles. The molecule has 5 heterocycles. The summed E-state index contributed by atoms with van der Waals surface area (Å²) in [6.45, 7) is 3.55. The zero-order valence-electron chi connectivity index (χ0n) is 19.0. The number of likely N-dealkylation sites (tertiary alicyclic amines) is 1. The molecule has 6 rings (SSSR count).